The number of aryl methyl sites for hydroxylation is 1. The van der Waals surface area contributed by atoms with Crippen molar-refractivity contribution in [3.8, 4) is 0 Å². The summed E-state index contributed by atoms with van der Waals surface area (Å²) in [4.78, 5) is 4.97. The molecule has 114 valence electrons. The van der Waals surface area contributed by atoms with Crippen LogP contribution >= 0.6 is 22.9 Å². The van der Waals surface area contributed by atoms with E-state index in [9.17, 15) is 0 Å². The van der Waals surface area contributed by atoms with Gasteiger partial charge >= 0.3 is 0 Å². The van der Waals surface area contributed by atoms with Crippen LogP contribution in [0.4, 0.5) is 0 Å². The lowest BCUT2D eigenvalue weighted by Gasteiger charge is -2.16. The van der Waals surface area contributed by atoms with Crippen molar-refractivity contribution in [1.29, 1.82) is 0 Å². The summed E-state index contributed by atoms with van der Waals surface area (Å²) in [6.45, 7) is 7.03. The second kappa shape index (κ2) is 4.87. The molecule has 1 nitrogen and oxygen atoms in total. The minimum atomic E-state index is 0.347. The maximum atomic E-state index is 6.19. The molecule has 3 heteroatoms. The minimum Gasteiger partial charge on any atom is -0.361 e. The third-order valence-corrected chi connectivity index (χ3v) is 6.98. The van der Waals surface area contributed by atoms with Gasteiger partial charge in [-0.05, 0) is 66.0 Å². The molecular weight excluding hydrogens is 310 g/mol. The maximum absolute atomic E-state index is 6.19. The molecule has 1 N–H and O–H groups in total. The van der Waals surface area contributed by atoms with Crippen molar-refractivity contribution in [1.82, 2.24) is 4.98 Å². The average molecular weight is 330 g/mol. The zero-order valence-corrected chi connectivity index (χ0v) is 14.7. The van der Waals surface area contributed by atoms with Crippen molar-refractivity contribution in [2.24, 2.45) is 5.92 Å². The van der Waals surface area contributed by atoms with Crippen molar-refractivity contribution in [3.05, 3.63) is 56.9 Å². The smallest absolute Gasteiger partial charge is 0.0457 e. The van der Waals surface area contributed by atoms with E-state index in [1.54, 1.807) is 4.88 Å². The number of aromatic amines is 1. The van der Waals surface area contributed by atoms with Gasteiger partial charge in [-0.1, -0.05) is 25.4 Å². The Morgan fingerprint density at radius 3 is 2.91 bits per heavy atom. The molecule has 1 aliphatic rings. The van der Waals surface area contributed by atoms with E-state index >= 15 is 0 Å². The van der Waals surface area contributed by atoms with Crippen LogP contribution in [0.3, 0.4) is 0 Å². The summed E-state index contributed by atoms with van der Waals surface area (Å²) in [6, 6.07) is 8.36. The molecule has 3 aromatic rings. The summed E-state index contributed by atoms with van der Waals surface area (Å²) < 4.78 is 0. The Kier molecular flexibility index (Phi) is 3.18. The van der Waals surface area contributed by atoms with Gasteiger partial charge in [0.15, 0.2) is 0 Å². The van der Waals surface area contributed by atoms with Gasteiger partial charge < -0.3 is 4.98 Å². The Labute approximate surface area is 140 Å². The topological polar surface area (TPSA) is 15.8 Å². The SMILES string of the molecule is Cc1ccsc1C1(C)CC1C(C)c1c[nH]c2ccc(Cl)cc12. The number of rotatable bonds is 3. The zero-order chi connectivity index (χ0) is 15.5. The van der Waals surface area contributed by atoms with Gasteiger partial charge in [0.1, 0.15) is 0 Å². The number of halogens is 1. The second-order valence-corrected chi connectivity index (χ2v) is 8.24. The quantitative estimate of drug-likeness (QED) is 0.582. The normalized spacial score (nSPS) is 25.5. The first-order valence-electron chi connectivity index (χ1n) is 7.82. The van der Waals surface area contributed by atoms with Crippen LogP contribution in [0.15, 0.2) is 35.8 Å². The van der Waals surface area contributed by atoms with E-state index in [2.05, 4.69) is 55.5 Å². The van der Waals surface area contributed by atoms with Gasteiger partial charge in [0.2, 0.25) is 0 Å². The number of hydrogen-bond acceptors (Lipinski definition) is 1. The Morgan fingerprint density at radius 1 is 1.36 bits per heavy atom. The number of aromatic nitrogens is 1. The van der Waals surface area contributed by atoms with Crippen molar-refractivity contribution in [2.75, 3.05) is 0 Å². The van der Waals surface area contributed by atoms with Crippen molar-refractivity contribution >= 4 is 33.8 Å². The number of nitrogens with one attached hydrogen (secondary N) is 1. The lowest BCUT2D eigenvalue weighted by atomic mass is 9.89. The molecule has 3 atom stereocenters. The molecule has 1 aliphatic carbocycles. The third kappa shape index (κ3) is 2.04. The molecular formula is C19H20ClNS. The molecule has 0 amide bonds. The molecule has 1 saturated carbocycles. The van der Waals surface area contributed by atoms with Gasteiger partial charge in [-0.15, -0.1) is 11.3 Å². The van der Waals surface area contributed by atoms with E-state index in [1.807, 2.05) is 17.4 Å². The second-order valence-electron chi connectivity index (χ2n) is 6.88. The highest BCUT2D eigenvalue weighted by atomic mass is 35.5. The molecule has 4 rings (SSSR count). The summed E-state index contributed by atoms with van der Waals surface area (Å²) >= 11 is 8.11. The van der Waals surface area contributed by atoms with Gasteiger partial charge in [0.25, 0.3) is 0 Å². The highest BCUT2D eigenvalue weighted by Crippen LogP contribution is 2.62. The Hall–Kier alpha value is -1.25. The zero-order valence-electron chi connectivity index (χ0n) is 13.1. The minimum absolute atomic E-state index is 0.347. The van der Waals surface area contributed by atoms with Crippen LogP contribution in [0.2, 0.25) is 5.02 Å². The highest BCUT2D eigenvalue weighted by Gasteiger charge is 2.55. The van der Waals surface area contributed by atoms with E-state index in [-0.39, 0.29) is 0 Å². The van der Waals surface area contributed by atoms with Gasteiger partial charge in [-0.2, -0.15) is 0 Å². The molecule has 1 fully saturated rings. The van der Waals surface area contributed by atoms with E-state index < -0.39 is 0 Å². The van der Waals surface area contributed by atoms with Crippen LogP contribution in [0.25, 0.3) is 10.9 Å². The predicted octanol–water partition coefficient (Wildman–Crippen LogP) is 6.27. The largest absolute Gasteiger partial charge is 0.361 e. The van der Waals surface area contributed by atoms with Gasteiger partial charge in [0.05, 0.1) is 0 Å². The van der Waals surface area contributed by atoms with E-state index in [0.717, 1.165) is 5.02 Å². The number of hydrogen-bond donors (Lipinski definition) is 1. The van der Waals surface area contributed by atoms with Crippen LogP contribution < -0.4 is 0 Å². The standard InChI is InChI=1S/C19H20ClNS/c1-11-6-7-22-18(11)19(3)9-16(19)12(2)15-10-21-17-5-4-13(20)8-14(15)17/h4-8,10,12,16,21H,9H2,1-3H3. The molecule has 2 heterocycles. The number of thiophene rings is 1. The molecule has 0 spiro atoms. The summed E-state index contributed by atoms with van der Waals surface area (Å²) in [6.07, 6.45) is 3.45. The first kappa shape index (κ1) is 14.3. The lowest BCUT2D eigenvalue weighted by molar-refractivity contribution is 0.578. The molecule has 3 unspecified atom stereocenters. The molecule has 1 aromatic carbocycles. The van der Waals surface area contributed by atoms with Gasteiger partial charge in [-0.3, -0.25) is 0 Å². The van der Waals surface area contributed by atoms with E-state index in [1.165, 1.54) is 28.5 Å². The Balaban J connectivity index is 1.69. The fourth-order valence-corrected chi connectivity index (χ4v) is 5.39. The molecule has 0 saturated heterocycles. The summed E-state index contributed by atoms with van der Waals surface area (Å²) in [5.74, 6) is 1.25. The molecule has 2 aromatic heterocycles. The predicted molar refractivity (Wildman–Crippen MR) is 96.2 cm³/mol. The first-order chi connectivity index (χ1) is 10.5. The Morgan fingerprint density at radius 2 is 2.18 bits per heavy atom. The number of H-pyrrole nitrogens is 1. The Bertz CT molecular complexity index is 846. The fraction of sp³-hybridized carbons (Fsp3) is 0.368. The average Bonchev–Trinajstić information content (AvgIpc) is 2.85. The van der Waals surface area contributed by atoms with Crippen molar-refractivity contribution in [3.63, 3.8) is 0 Å². The summed E-state index contributed by atoms with van der Waals surface area (Å²) in [5, 5.41) is 4.31. The molecule has 0 aliphatic heterocycles. The number of benzene rings is 1. The third-order valence-electron chi connectivity index (χ3n) is 5.45. The lowest BCUT2D eigenvalue weighted by Crippen LogP contribution is -2.08. The monoisotopic (exact) mass is 329 g/mol. The van der Waals surface area contributed by atoms with Crippen LogP contribution in [0.5, 0.6) is 0 Å². The number of fused-ring (bicyclic) bond motifs is 1. The summed E-state index contributed by atoms with van der Waals surface area (Å²) in [7, 11) is 0. The highest BCUT2D eigenvalue weighted by molar-refractivity contribution is 7.10. The molecule has 0 radical (unpaired) electrons. The maximum Gasteiger partial charge on any atom is 0.0457 e. The van der Waals surface area contributed by atoms with E-state index in [0.29, 0.717) is 17.3 Å². The van der Waals surface area contributed by atoms with Crippen molar-refractivity contribution in [2.45, 2.75) is 38.5 Å². The van der Waals surface area contributed by atoms with Crippen LogP contribution in [0.1, 0.15) is 42.2 Å². The van der Waals surface area contributed by atoms with Crippen LogP contribution in [-0.2, 0) is 5.41 Å². The van der Waals surface area contributed by atoms with Gasteiger partial charge in [0, 0.05) is 32.4 Å². The molecule has 0 bridgehead atoms. The van der Waals surface area contributed by atoms with Gasteiger partial charge in [-0.25, -0.2) is 0 Å². The van der Waals surface area contributed by atoms with E-state index in [4.69, 9.17) is 11.6 Å². The van der Waals surface area contributed by atoms with Crippen molar-refractivity contribution < 1.29 is 0 Å². The summed E-state index contributed by atoms with van der Waals surface area (Å²) in [5.41, 5.74) is 4.38. The fourth-order valence-electron chi connectivity index (χ4n) is 4.05. The first-order valence-corrected chi connectivity index (χ1v) is 9.07. The molecule has 22 heavy (non-hydrogen) atoms. The van der Waals surface area contributed by atoms with Crippen LogP contribution in [0, 0.1) is 12.8 Å². The van der Waals surface area contributed by atoms with Crippen LogP contribution in [-0.4, -0.2) is 4.98 Å².